The van der Waals surface area contributed by atoms with Crippen LogP contribution in [0.5, 0.6) is 0 Å². The second kappa shape index (κ2) is 6.70. The molecule has 7 heteroatoms. The third kappa shape index (κ3) is 4.10. The van der Waals surface area contributed by atoms with Crippen LogP contribution < -0.4 is 5.32 Å². The van der Waals surface area contributed by atoms with Gasteiger partial charge in [-0.15, -0.1) is 5.10 Å². The minimum absolute atomic E-state index is 0.0451. The molecule has 1 aromatic heterocycles. The Balaban J connectivity index is 1.62. The Kier molecular flexibility index (Phi) is 4.66. The highest BCUT2D eigenvalue weighted by Gasteiger charge is 2.33. The number of aryl methyl sites for hydroxylation is 2. The van der Waals surface area contributed by atoms with E-state index in [0.717, 1.165) is 24.2 Å². The van der Waals surface area contributed by atoms with Gasteiger partial charge in [0.25, 0.3) is 0 Å². The molecule has 1 aliphatic rings. The minimum Gasteiger partial charge on any atom is -0.348 e. The summed E-state index contributed by atoms with van der Waals surface area (Å²) in [5.74, 6) is 1.16. The van der Waals surface area contributed by atoms with Crippen LogP contribution in [-0.4, -0.2) is 26.8 Å². The van der Waals surface area contributed by atoms with Crippen molar-refractivity contribution in [2.24, 2.45) is 5.92 Å². The zero-order valence-corrected chi connectivity index (χ0v) is 13.9. The molecule has 5 nitrogen and oxygen atoms in total. The topological polar surface area (TPSA) is 70.7 Å². The van der Waals surface area contributed by atoms with Gasteiger partial charge in [0.1, 0.15) is 11.6 Å². The van der Waals surface area contributed by atoms with E-state index in [4.69, 9.17) is 0 Å². The number of aromatic amines is 1. The van der Waals surface area contributed by atoms with E-state index in [1.54, 1.807) is 13.0 Å². The van der Waals surface area contributed by atoms with Gasteiger partial charge < -0.3 is 5.32 Å². The standard InChI is InChI=1S/C16H19FN4OS/c1-9-7-12(5-6-13(9)17)15(11-3-4-11)19-14(22)8-23-16-18-10(2)20-21-16/h5-7,11,15H,3-4,8H2,1-2H3,(H,19,22)(H,18,20,21)/t15-/m0/s1. The SMILES string of the molecule is Cc1nc(SCC(=O)N[C@H](c2ccc(F)c(C)c2)C2CC2)n[nH]1. The predicted molar refractivity (Wildman–Crippen MR) is 86.6 cm³/mol. The highest BCUT2D eigenvalue weighted by atomic mass is 32.2. The molecule has 1 saturated carbocycles. The molecular formula is C16H19FN4OS. The maximum atomic E-state index is 13.4. The number of amides is 1. The van der Waals surface area contributed by atoms with Crippen LogP contribution in [0.4, 0.5) is 4.39 Å². The Morgan fingerprint density at radius 1 is 1.48 bits per heavy atom. The Morgan fingerprint density at radius 2 is 2.26 bits per heavy atom. The van der Waals surface area contributed by atoms with Gasteiger partial charge in [-0.3, -0.25) is 9.89 Å². The first-order valence-electron chi connectivity index (χ1n) is 7.60. The van der Waals surface area contributed by atoms with Gasteiger partial charge in [0.15, 0.2) is 0 Å². The molecule has 2 aromatic rings. The molecule has 1 fully saturated rings. The number of aromatic nitrogens is 3. The van der Waals surface area contributed by atoms with Gasteiger partial charge in [0.05, 0.1) is 11.8 Å². The monoisotopic (exact) mass is 334 g/mol. The van der Waals surface area contributed by atoms with E-state index >= 15 is 0 Å². The predicted octanol–water partition coefficient (Wildman–Crippen LogP) is 2.92. The molecule has 0 bridgehead atoms. The Morgan fingerprint density at radius 3 is 2.87 bits per heavy atom. The van der Waals surface area contributed by atoms with Crippen molar-refractivity contribution in [2.75, 3.05) is 5.75 Å². The number of thioether (sulfide) groups is 1. The quantitative estimate of drug-likeness (QED) is 0.797. The summed E-state index contributed by atoms with van der Waals surface area (Å²) in [6, 6.07) is 5.01. The first kappa shape index (κ1) is 16.0. The number of carbonyl (C=O) groups is 1. The molecule has 0 saturated heterocycles. The van der Waals surface area contributed by atoms with Crippen molar-refractivity contribution in [3.8, 4) is 0 Å². The number of hydrogen-bond donors (Lipinski definition) is 2. The molecule has 0 aliphatic heterocycles. The molecule has 1 atom stereocenters. The van der Waals surface area contributed by atoms with Crippen LogP contribution in [0.25, 0.3) is 0 Å². The van der Waals surface area contributed by atoms with Crippen molar-refractivity contribution < 1.29 is 9.18 Å². The van der Waals surface area contributed by atoms with Crippen molar-refractivity contribution in [2.45, 2.75) is 37.9 Å². The molecule has 0 spiro atoms. The van der Waals surface area contributed by atoms with E-state index in [-0.39, 0.29) is 23.5 Å². The molecule has 1 amide bonds. The summed E-state index contributed by atoms with van der Waals surface area (Å²) in [5.41, 5.74) is 1.58. The fourth-order valence-electron chi connectivity index (χ4n) is 2.50. The second-order valence-corrected chi connectivity index (χ2v) is 6.83. The lowest BCUT2D eigenvalue weighted by atomic mass is 10.00. The third-order valence-corrected chi connectivity index (χ3v) is 4.71. The lowest BCUT2D eigenvalue weighted by Gasteiger charge is -2.19. The van der Waals surface area contributed by atoms with Gasteiger partial charge in [0.2, 0.25) is 11.1 Å². The Labute approximate surface area is 138 Å². The smallest absolute Gasteiger partial charge is 0.230 e. The van der Waals surface area contributed by atoms with E-state index in [1.807, 2.05) is 13.0 Å². The fraction of sp³-hybridized carbons (Fsp3) is 0.438. The molecule has 0 unspecified atom stereocenters. The molecule has 0 radical (unpaired) electrons. The number of nitrogens with zero attached hydrogens (tertiary/aromatic N) is 2. The van der Waals surface area contributed by atoms with E-state index in [0.29, 0.717) is 16.6 Å². The molecule has 23 heavy (non-hydrogen) atoms. The molecular weight excluding hydrogens is 315 g/mol. The van der Waals surface area contributed by atoms with Gasteiger partial charge in [-0.25, -0.2) is 9.37 Å². The highest BCUT2D eigenvalue weighted by molar-refractivity contribution is 7.99. The van der Waals surface area contributed by atoms with Gasteiger partial charge >= 0.3 is 0 Å². The van der Waals surface area contributed by atoms with E-state index in [1.165, 1.54) is 17.8 Å². The largest absolute Gasteiger partial charge is 0.348 e. The molecule has 3 rings (SSSR count). The van der Waals surface area contributed by atoms with Crippen LogP contribution in [0.1, 0.15) is 35.8 Å². The summed E-state index contributed by atoms with van der Waals surface area (Å²) < 4.78 is 13.4. The molecule has 1 heterocycles. The molecule has 122 valence electrons. The van der Waals surface area contributed by atoms with Gasteiger partial charge in [-0.2, -0.15) is 0 Å². The van der Waals surface area contributed by atoms with E-state index in [2.05, 4.69) is 20.5 Å². The van der Waals surface area contributed by atoms with Crippen molar-refractivity contribution >= 4 is 17.7 Å². The summed E-state index contributed by atoms with van der Waals surface area (Å²) in [6.45, 7) is 3.56. The number of halogens is 1. The van der Waals surface area contributed by atoms with Crippen LogP contribution in [0.15, 0.2) is 23.4 Å². The summed E-state index contributed by atoms with van der Waals surface area (Å²) in [4.78, 5) is 16.4. The van der Waals surface area contributed by atoms with Gasteiger partial charge in [-0.1, -0.05) is 23.9 Å². The van der Waals surface area contributed by atoms with Crippen molar-refractivity contribution in [3.63, 3.8) is 0 Å². The first-order valence-corrected chi connectivity index (χ1v) is 8.58. The van der Waals surface area contributed by atoms with Crippen LogP contribution in [-0.2, 0) is 4.79 Å². The lowest BCUT2D eigenvalue weighted by molar-refractivity contribution is -0.119. The zero-order valence-electron chi connectivity index (χ0n) is 13.1. The number of rotatable bonds is 6. The van der Waals surface area contributed by atoms with Crippen molar-refractivity contribution in [1.29, 1.82) is 0 Å². The van der Waals surface area contributed by atoms with E-state index in [9.17, 15) is 9.18 Å². The zero-order chi connectivity index (χ0) is 16.4. The molecule has 1 aromatic carbocycles. The maximum absolute atomic E-state index is 13.4. The van der Waals surface area contributed by atoms with Gasteiger partial charge in [0, 0.05) is 0 Å². The van der Waals surface area contributed by atoms with Gasteiger partial charge in [-0.05, 0) is 49.8 Å². The highest BCUT2D eigenvalue weighted by Crippen LogP contribution is 2.41. The number of H-pyrrole nitrogens is 1. The van der Waals surface area contributed by atoms with Crippen LogP contribution >= 0.6 is 11.8 Å². The van der Waals surface area contributed by atoms with Crippen LogP contribution in [0.3, 0.4) is 0 Å². The lowest BCUT2D eigenvalue weighted by Crippen LogP contribution is -2.31. The summed E-state index contributed by atoms with van der Waals surface area (Å²) in [5, 5.41) is 10.4. The Hall–Kier alpha value is -1.89. The third-order valence-electron chi connectivity index (χ3n) is 3.86. The number of carbonyl (C=O) groups excluding carboxylic acids is 1. The fourth-order valence-corrected chi connectivity index (χ4v) is 3.15. The summed E-state index contributed by atoms with van der Waals surface area (Å²) in [7, 11) is 0. The average molecular weight is 334 g/mol. The van der Waals surface area contributed by atoms with Crippen molar-refractivity contribution in [1.82, 2.24) is 20.5 Å². The second-order valence-electron chi connectivity index (χ2n) is 5.88. The average Bonchev–Trinajstić information content (AvgIpc) is 3.28. The molecule has 1 aliphatic carbocycles. The summed E-state index contributed by atoms with van der Waals surface area (Å²) >= 11 is 1.30. The van der Waals surface area contributed by atoms with Crippen LogP contribution in [0, 0.1) is 25.6 Å². The normalized spacial score (nSPS) is 15.4. The number of benzene rings is 1. The number of hydrogen-bond acceptors (Lipinski definition) is 4. The molecule has 2 N–H and O–H groups in total. The minimum atomic E-state index is -0.217. The first-order chi connectivity index (χ1) is 11.0. The van der Waals surface area contributed by atoms with Crippen LogP contribution in [0.2, 0.25) is 0 Å². The van der Waals surface area contributed by atoms with Crippen molar-refractivity contribution in [3.05, 3.63) is 41.0 Å². The number of nitrogens with one attached hydrogen (secondary N) is 2. The Bertz CT molecular complexity index is 714. The van der Waals surface area contributed by atoms with E-state index < -0.39 is 0 Å². The summed E-state index contributed by atoms with van der Waals surface area (Å²) in [6.07, 6.45) is 2.18. The maximum Gasteiger partial charge on any atom is 0.230 e.